The summed E-state index contributed by atoms with van der Waals surface area (Å²) in [6, 6.07) is 26.3. The van der Waals surface area contributed by atoms with Crippen LogP contribution in [0.15, 0.2) is 84.9 Å². The van der Waals surface area contributed by atoms with Gasteiger partial charge in [-0.25, -0.2) is 9.59 Å². The summed E-state index contributed by atoms with van der Waals surface area (Å²) in [6.45, 7) is 6.10. The summed E-state index contributed by atoms with van der Waals surface area (Å²) < 4.78 is 61.5. The van der Waals surface area contributed by atoms with Crippen LogP contribution >= 0.6 is 0 Å². The van der Waals surface area contributed by atoms with E-state index in [0.717, 1.165) is 10.4 Å². The molecule has 3 aromatic rings. The minimum Gasteiger partial charge on any atom is -0.459 e. The number of ether oxygens (including phenoxy) is 9. The van der Waals surface area contributed by atoms with Crippen LogP contribution in [0.25, 0.3) is 0 Å². The van der Waals surface area contributed by atoms with E-state index < -0.39 is 81.7 Å². The number of hydrogen-bond acceptors (Lipinski definition) is 13. The topological polar surface area (TPSA) is 147 Å². The van der Waals surface area contributed by atoms with Gasteiger partial charge in [-0.3, -0.25) is 0 Å². The predicted octanol–water partition coefficient (Wildman–Crippen LogP) is 2.85. The maximum Gasteiger partial charge on any atom is 0.339 e. The molecule has 3 aliphatic rings. The van der Waals surface area contributed by atoms with Crippen molar-refractivity contribution >= 4 is 30.6 Å². The van der Waals surface area contributed by atoms with Gasteiger partial charge in [-0.1, -0.05) is 93.6 Å². The number of aliphatic hydroxyl groups excluding tert-OH is 1. The van der Waals surface area contributed by atoms with Crippen LogP contribution in [0.1, 0.15) is 41.5 Å². The third-order valence-electron chi connectivity index (χ3n) is 10.4. The third-order valence-corrected chi connectivity index (χ3v) is 15.4. The van der Waals surface area contributed by atoms with Crippen molar-refractivity contribution in [2.24, 2.45) is 0 Å². The van der Waals surface area contributed by atoms with Crippen molar-refractivity contribution in [2.75, 3.05) is 41.7 Å². The average molecular weight is 767 g/mol. The number of fused-ring (bicyclic) bond motifs is 4. The van der Waals surface area contributed by atoms with Gasteiger partial charge in [0.05, 0.1) is 17.7 Å². The molecule has 1 N–H and O–H groups in total. The van der Waals surface area contributed by atoms with Crippen LogP contribution in [0.4, 0.5) is 0 Å². The van der Waals surface area contributed by atoms with E-state index in [1.807, 2.05) is 36.4 Å². The molecular weight excluding hydrogens is 717 g/mol. The first-order valence-corrected chi connectivity index (χ1v) is 19.9. The summed E-state index contributed by atoms with van der Waals surface area (Å²) in [4.78, 5) is 27.3. The number of methoxy groups -OCH3 is 4. The predicted molar refractivity (Wildman–Crippen MR) is 197 cm³/mol. The standard InChI is InChI=1S/C40H50O13Si/c1-40(2,3)54(24-16-10-8-11-17-24,25-18-12-9-13-19-25)49-23-28-30(41)32-35(38(47-7)50-28)52-37(43)27-21-15-14-20-26(27)36(42)48-22-29-31(44-4)33(45-5)34(46-6)39(51-29)53-32/h8-21,28-35,38-39,41H,22-23H2,1-7H3/t28-,29-,30-,31+,32+,33+,34-,35-,38+,39+/m1/s1. The number of hydrogen-bond donors (Lipinski definition) is 1. The van der Waals surface area contributed by atoms with Gasteiger partial charge in [-0.15, -0.1) is 0 Å². The quantitative estimate of drug-likeness (QED) is 0.252. The van der Waals surface area contributed by atoms with Gasteiger partial charge in [0.15, 0.2) is 18.7 Å². The molecule has 0 saturated carbocycles. The molecule has 2 fully saturated rings. The van der Waals surface area contributed by atoms with Gasteiger partial charge in [0, 0.05) is 28.4 Å². The van der Waals surface area contributed by atoms with Crippen molar-refractivity contribution in [3.63, 3.8) is 0 Å². The van der Waals surface area contributed by atoms with E-state index >= 15 is 0 Å². The van der Waals surface area contributed by atoms with Gasteiger partial charge in [0.1, 0.15) is 49.3 Å². The van der Waals surface area contributed by atoms with Crippen molar-refractivity contribution in [2.45, 2.75) is 87.2 Å². The van der Waals surface area contributed by atoms with Gasteiger partial charge >= 0.3 is 11.9 Å². The number of carbonyl (C=O) groups excluding carboxylic acids is 2. The molecule has 10 atom stereocenters. The Labute approximate surface area is 316 Å². The molecule has 0 radical (unpaired) electrons. The van der Waals surface area contributed by atoms with Crippen LogP contribution in [0.2, 0.25) is 5.04 Å². The summed E-state index contributed by atoms with van der Waals surface area (Å²) in [5.41, 5.74) is -0.0832. The third kappa shape index (κ3) is 7.65. The molecule has 3 aromatic carbocycles. The molecular formula is C40H50O13Si. The lowest BCUT2D eigenvalue weighted by atomic mass is 9.96. The Morgan fingerprint density at radius 3 is 1.78 bits per heavy atom. The highest BCUT2D eigenvalue weighted by atomic mass is 28.4. The fourth-order valence-electron chi connectivity index (χ4n) is 7.81. The minimum atomic E-state index is -3.09. The molecule has 0 aliphatic carbocycles. The smallest absolute Gasteiger partial charge is 0.339 e. The summed E-state index contributed by atoms with van der Waals surface area (Å²) in [7, 11) is 2.75. The van der Waals surface area contributed by atoms with E-state index in [1.165, 1.54) is 40.6 Å². The summed E-state index contributed by atoms with van der Waals surface area (Å²) in [5, 5.41) is 14.0. The zero-order valence-electron chi connectivity index (χ0n) is 31.6. The van der Waals surface area contributed by atoms with Gasteiger partial charge in [-0.05, 0) is 27.5 Å². The van der Waals surface area contributed by atoms with Crippen molar-refractivity contribution < 1.29 is 61.8 Å². The number of cyclic esters (lactones) is 1. The molecule has 14 heteroatoms. The highest BCUT2D eigenvalue weighted by molar-refractivity contribution is 6.99. The second kappa shape index (κ2) is 17.1. The summed E-state index contributed by atoms with van der Waals surface area (Å²) >= 11 is 0. The number of benzene rings is 3. The molecule has 0 amide bonds. The fourth-order valence-corrected chi connectivity index (χ4v) is 12.4. The summed E-state index contributed by atoms with van der Waals surface area (Å²) in [5.74, 6) is -1.65. The monoisotopic (exact) mass is 766 g/mol. The van der Waals surface area contributed by atoms with Crippen molar-refractivity contribution in [3.8, 4) is 0 Å². The van der Waals surface area contributed by atoms with Crippen LogP contribution in [-0.4, -0.2) is 128 Å². The Morgan fingerprint density at radius 1 is 0.685 bits per heavy atom. The summed E-state index contributed by atoms with van der Waals surface area (Å²) in [6.07, 6.45) is -10.9. The van der Waals surface area contributed by atoms with Crippen LogP contribution in [0, 0.1) is 0 Å². The number of esters is 2. The largest absolute Gasteiger partial charge is 0.459 e. The van der Waals surface area contributed by atoms with Gasteiger partial charge < -0.3 is 52.2 Å². The Balaban J connectivity index is 1.41. The molecule has 2 bridgehead atoms. The zero-order chi connectivity index (χ0) is 38.6. The van der Waals surface area contributed by atoms with Crippen molar-refractivity contribution in [1.82, 2.24) is 0 Å². The normalized spacial score (nSPS) is 30.7. The molecule has 2 saturated heterocycles. The first-order valence-electron chi connectivity index (χ1n) is 18.0. The molecule has 6 rings (SSSR count). The van der Waals surface area contributed by atoms with E-state index in [4.69, 9.17) is 47.1 Å². The van der Waals surface area contributed by atoms with E-state index in [0.29, 0.717) is 0 Å². The molecule has 3 heterocycles. The highest BCUT2D eigenvalue weighted by Crippen LogP contribution is 2.39. The van der Waals surface area contributed by atoms with Crippen molar-refractivity contribution in [3.05, 3.63) is 96.1 Å². The van der Waals surface area contributed by atoms with E-state index in [1.54, 1.807) is 12.1 Å². The molecule has 54 heavy (non-hydrogen) atoms. The Kier molecular flexibility index (Phi) is 12.7. The molecule has 0 aromatic heterocycles. The van der Waals surface area contributed by atoms with Crippen molar-refractivity contribution in [1.29, 1.82) is 0 Å². The van der Waals surface area contributed by atoms with Crippen LogP contribution in [0.3, 0.4) is 0 Å². The Bertz CT molecular complexity index is 1660. The van der Waals surface area contributed by atoms with E-state index in [-0.39, 0.29) is 29.4 Å². The maximum absolute atomic E-state index is 13.9. The molecule has 292 valence electrons. The number of aliphatic hydroxyl groups is 1. The molecule has 0 unspecified atom stereocenters. The average Bonchev–Trinajstić information content (AvgIpc) is 3.19. The van der Waals surface area contributed by atoms with Gasteiger partial charge in [0.25, 0.3) is 8.32 Å². The minimum absolute atomic E-state index is 0.0265. The second-order valence-electron chi connectivity index (χ2n) is 14.5. The lowest BCUT2D eigenvalue weighted by Crippen LogP contribution is -2.69. The van der Waals surface area contributed by atoms with Crippen LogP contribution in [-0.2, 0) is 47.1 Å². The first kappa shape index (κ1) is 40.1. The molecule has 0 spiro atoms. The zero-order valence-corrected chi connectivity index (χ0v) is 32.6. The fraction of sp³-hybridized carbons (Fsp3) is 0.500. The van der Waals surface area contributed by atoms with E-state index in [9.17, 15) is 14.7 Å². The Morgan fingerprint density at radius 2 is 1.24 bits per heavy atom. The van der Waals surface area contributed by atoms with Crippen LogP contribution in [0.5, 0.6) is 0 Å². The molecule has 13 nitrogen and oxygen atoms in total. The van der Waals surface area contributed by atoms with Gasteiger partial charge in [-0.2, -0.15) is 0 Å². The SMILES string of the molecule is CO[C@H]1O[C@H](CO[Si](c2ccccc2)(c2ccccc2)C(C)(C)C)[C@@H](O)[C@@H]2O[C@@H]3O[C@H](COC(=O)c4ccccc4C(=O)O[C@@H]12)[C@H](OC)[C@H](OC)[C@H]3OC. The number of carbonyl (C=O) groups is 2. The van der Waals surface area contributed by atoms with Crippen LogP contribution < -0.4 is 10.4 Å². The van der Waals surface area contributed by atoms with Gasteiger partial charge in [0.2, 0.25) is 0 Å². The lowest BCUT2D eigenvalue weighted by Gasteiger charge is -2.49. The number of rotatable bonds is 9. The lowest BCUT2D eigenvalue weighted by molar-refractivity contribution is -0.361. The second-order valence-corrected chi connectivity index (χ2v) is 18.8. The highest BCUT2D eigenvalue weighted by Gasteiger charge is 2.56. The molecule has 3 aliphatic heterocycles. The first-order chi connectivity index (χ1) is 26.0. The Hall–Kier alpha value is -3.54. The maximum atomic E-state index is 13.9. The van der Waals surface area contributed by atoms with E-state index in [2.05, 4.69) is 45.0 Å².